The molecule has 2 aromatic rings. The van der Waals surface area contributed by atoms with Crippen LogP contribution in [0.25, 0.3) is 0 Å². The summed E-state index contributed by atoms with van der Waals surface area (Å²) in [7, 11) is 0. The number of ether oxygens (including phenoxy) is 1. The van der Waals surface area contributed by atoms with Crippen molar-refractivity contribution in [3.05, 3.63) is 65.7 Å². The van der Waals surface area contributed by atoms with Gasteiger partial charge in [0.25, 0.3) is 0 Å². The zero-order valence-corrected chi connectivity index (χ0v) is 17.9. The van der Waals surface area contributed by atoms with Crippen molar-refractivity contribution in [2.75, 3.05) is 24.5 Å². The molecule has 5 heteroatoms. The maximum Gasteiger partial charge on any atom is 0.415 e. The second kappa shape index (κ2) is 9.06. The lowest BCUT2D eigenvalue weighted by Crippen LogP contribution is -3.16. The van der Waals surface area contributed by atoms with E-state index in [1.807, 2.05) is 49.4 Å². The Kier molecular flexibility index (Phi) is 6.76. The largest absolute Gasteiger partial charge is 1.00 e. The van der Waals surface area contributed by atoms with Gasteiger partial charge in [0.1, 0.15) is 6.54 Å². The SMILES string of the molecule is Cc1ccccc1N(Cc1ccccc1)C(=O)OC1C[NH+]2CCC1CC2.[I-]. The molecule has 1 amide bonds. The number of para-hydroxylation sites is 1. The van der Waals surface area contributed by atoms with Gasteiger partial charge in [0.15, 0.2) is 6.10 Å². The summed E-state index contributed by atoms with van der Waals surface area (Å²) in [6.07, 6.45) is 2.19. The molecule has 4 nitrogen and oxygen atoms in total. The van der Waals surface area contributed by atoms with Crippen LogP contribution in [0.5, 0.6) is 0 Å². The number of benzene rings is 2. The third kappa shape index (κ3) is 4.63. The van der Waals surface area contributed by atoms with Gasteiger partial charge >= 0.3 is 6.09 Å². The Morgan fingerprint density at radius 1 is 1.07 bits per heavy atom. The van der Waals surface area contributed by atoms with Gasteiger partial charge in [-0.1, -0.05) is 48.5 Å². The summed E-state index contributed by atoms with van der Waals surface area (Å²) in [6.45, 7) is 5.98. The van der Waals surface area contributed by atoms with Crippen molar-refractivity contribution in [3.63, 3.8) is 0 Å². The lowest BCUT2D eigenvalue weighted by atomic mass is 9.86. The Morgan fingerprint density at radius 2 is 1.74 bits per heavy atom. The van der Waals surface area contributed by atoms with Gasteiger partial charge in [-0.15, -0.1) is 0 Å². The number of halogens is 1. The fraction of sp³-hybridized carbons (Fsp3) is 0.409. The minimum atomic E-state index is -0.221. The lowest BCUT2D eigenvalue weighted by Gasteiger charge is -2.41. The molecule has 2 aromatic carbocycles. The molecule has 3 saturated heterocycles. The van der Waals surface area contributed by atoms with Crippen LogP contribution in [0.15, 0.2) is 54.6 Å². The van der Waals surface area contributed by atoms with E-state index in [0.29, 0.717) is 12.5 Å². The van der Waals surface area contributed by atoms with Crippen molar-refractivity contribution < 1.29 is 38.4 Å². The van der Waals surface area contributed by atoms with E-state index in [9.17, 15) is 4.79 Å². The summed E-state index contributed by atoms with van der Waals surface area (Å²) >= 11 is 0. The quantitative estimate of drug-likeness (QED) is 0.619. The number of amides is 1. The molecule has 0 radical (unpaired) electrons. The van der Waals surface area contributed by atoms with E-state index in [2.05, 4.69) is 12.1 Å². The maximum atomic E-state index is 13.1. The Labute approximate surface area is 178 Å². The van der Waals surface area contributed by atoms with E-state index in [1.54, 1.807) is 9.80 Å². The second-order valence-corrected chi connectivity index (χ2v) is 7.57. The summed E-state index contributed by atoms with van der Waals surface area (Å²) < 4.78 is 6.04. The minimum absolute atomic E-state index is 0. The van der Waals surface area contributed by atoms with Crippen LogP contribution in [0.3, 0.4) is 0 Å². The maximum absolute atomic E-state index is 13.1. The first kappa shape index (κ1) is 20.1. The topological polar surface area (TPSA) is 34.0 Å². The van der Waals surface area contributed by atoms with Crippen LogP contribution >= 0.6 is 0 Å². The standard InChI is InChI=1S/C22H26N2O2.HI/c1-17-7-5-6-10-20(17)24(15-18-8-3-2-4-9-18)22(25)26-21-16-23-13-11-19(21)12-14-23;/h2-10,19,21H,11-16H2,1H3;1H. The van der Waals surface area contributed by atoms with Crippen LogP contribution in [0, 0.1) is 12.8 Å². The minimum Gasteiger partial charge on any atom is -1.00 e. The summed E-state index contributed by atoms with van der Waals surface area (Å²) in [4.78, 5) is 16.5. The molecule has 0 spiro atoms. The van der Waals surface area contributed by atoms with E-state index in [1.165, 1.54) is 25.9 Å². The van der Waals surface area contributed by atoms with Crippen LogP contribution in [0.4, 0.5) is 10.5 Å². The van der Waals surface area contributed by atoms with E-state index in [4.69, 9.17) is 4.74 Å². The number of hydrogen-bond acceptors (Lipinski definition) is 2. The fourth-order valence-corrected chi connectivity index (χ4v) is 4.29. The molecule has 3 aliphatic heterocycles. The molecule has 27 heavy (non-hydrogen) atoms. The second-order valence-electron chi connectivity index (χ2n) is 7.57. The number of nitrogens with one attached hydrogen (secondary N) is 1. The number of nitrogens with zero attached hydrogens (tertiary/aromatic N) is 1. The van der Waals surface area contributed by atoms with Crippen LogP contribution < -0.4 is 33.8 Å². The molecule has 1 atom stereocenters. The molecule has 3 aliphatic rings. The number of carbonyl (C=O) groups excluding carboxylic acids is 1. The monoisotopic (exact) mass is 478 g/mol. The average molecular weight is 478 g/mol. The molecule has 5 rings (SSSR count). The smallest absolute Gasteiger partial charge is 0.415 e. The first-order chi connectivity index (χ1) is 12.7. The summed E-state index contributed by atoms with van der Waals surface area (Å²) in [5, 5.41) is 0. The van der Waals surface area contributed by atoms with Crippen molar-refractivity contribution in [2.45, 2.75) is 32.4 Å². The van der Waals surface area contributed by atoms with E-state index in [0.717, 1.165) is 23.4 Å². The first-order valence-corrected chi connectivity index (χ1v) is 9.62. The molecule has 2 bridgehead atoms. The predicted octanol–water partition coefficient (Wildman–Crippen LogP) is -0.181. The van der Waals surface area contributed by atoms with Crippen LogP contribution in [0.1, 0.15) is 24.0 Å². The number of anilines is 1. The van der Waals surface area contributed by atoms with Gasteiger partial charge in [0.2, 0.25) is 0 Å². The number of aryl methyl sites for hydroxylation is 1. The number of quaternary nitrogens is 1. The first-order valence-electron chi connectivity index (χ1n) is 9.62. The van der Waals surface area contributed by atoms with Crippen molar-refractivity contribution in [1.82, 2.24) is 0 Å². The Morgan fingerprint density at radius 3 is 2.37 bits per heavy atom. The van der Waals surface area contributed by atoms with E-state index >= 15 is 0 Å². The predicted molar refractivity (Wildman–Crippen MR) is 102 cm³/mol. The highest BCUT2D eigenvalue weighted by Crippen LogP contribution is 2.26. The van der Waals surface area contributed by atoms with E-state index < -0.39 is 0 Å². The van der Waals surface area contributed by atoms with Crippen LogP contribution in [0.2, 0.25) is 0 Å². The van der Waals surface area contributed by atoms with Gasteiger partial charge in [-0.05, 0) is 24.1 Å². The van der Waals surface area contributed by atoms with Gasteiger partial charge in [0.05, 0.1) is 25.3 Å². The molecule has 1 N–H and O–H groups in total. The molecule has 0 aliphatic carbocycles. The van der Waals surface area contributed by atoms with Gasteiger partial charge in [-0.25, -0.2) is 4.79 Å². The van der Waals surface area contributed by atoms with E-state index in [-0.39, 0.29) is 36.2 Å². The molecular formula is C22H27IN2O2. The Balaban J connectivity index is 0.00000210. The number of fused-ring (bicyclic) bond motifs is 3. The van der Waals surface area contributed by atoms with Gasteiger partial charge < -0.3 is 33.6 Å². The summed E-state index contributed by atoms with van der Waals surface area (Å²) in [6, 6.07) is 18.1. The normalized spacial score (nSPS) is 23.4. The van der Waals surface area contributed by atoms with Crippen LogP contribution in [-0.4, -0.2) is 31.8 Å². The highest BCUT2D eigenvalue weighted by atomic mass is 127. The highest BCUT2D eigenvalue weighted by Gasteiger charge is 2.40. The molecule has 144 valence electrons. The van der Waals surface area contributed by atoms with Gasteiger partial charge in [0, 0.05) is 18.8 Å². The van der Waals surface area contributed by atoms with Gasteiger partial charge in [-0.2, -0.15) is 0 Å². The molecule has 3 fully saturated rings. The van der Waals surface area contributed by atoms with Crippen LogP contribution in [-0.2, 0) is 11.3 Å². The zero-order valence-electron chi connectivity index (χ0n) is 15.7. The number of hydrogen-bond donors (Lipinski definition) is 1. The summed E-state index contributed by atoms with van der Waals surface area (Å²) in [5.74, 6) is 0.534. The van der Waals surface area contributed by atoms with Crippen molar-refractivity contribution in [3.8, 4) is 0 Å². The van der Waals surface area contributed by atoms with Crippen molar-refractivity contribution in [2.24, 2.45) is 5.92 Å². The zero-order chi connectivity index (χ0) is 17.9. The number of rotatable bonds is 4. The average Bonchev–Trinajstić information content (AvgIpc) is 2.68. The molecule has 3 heterocycles. The molecule has 0 aromatic heterocycles. The number of piperidine rings is 3. The third-order valence-corrected chi connectivity index (χ3v) is 5.82. The molecule has 1 unspecified atom stereocenters. The Bertz CT molecular complexity index is 760. The molecular weight excluding hydrogens is 451 g/mol. The Hall–Kier alpha value is -1.60. The third-order valence-electron chi connectivity index (χ3n) is 5.82. The van der Waals surface area contributed by atoms with Crippen molar-refractivity contribution in [1.29, 1.82) is 0 Å². The summed E-state index contributed by atoms with van der Waals surface area (Å²) in [5.41, 5.74) is 3.11. The lowest BCUT2D eigenvalue weighted by molar-refractivity contribution is -0.920. The molecule has 0 saturated carbocycles. The van der Waals surface area contributed by atoms with Gasteiger partial charge in [-0.3, -0.25) is 4.90 Å². The fourth-order valence-electron chi connectivity index (χ4n) is 4.29. The highest BCUT2D eigenvalue weighted by molar-refractivity contribution is 5.88. The van der Waals surface area contributed by atoms with Crippen molar-refractivity contribution >= 4 is 11.8 Å². The number of carbonyl (C=O) groups is 1.